The third kappa shape index (κ3) is 1.62. The SMILES string of the molecule is Cc1ccc2c(c1)oc(=O)c1c(=O)c3ccccc3[nH]c12. The average Bonchev–Trinajstić information content (AvgIpc) is 2.47. The second-order valence-electron chi connectivity index (χ2n) is 5.14. The summed E-state index contributed by atoms with van der Waals surface area (Å²) in [6, 6.07) is 12.7. The quantitative estimate of drug-likeness (QED) is 0.305. The summed E-state index contributed by atoms with van der Waals surface area (Å²) in [5, 5.41) is 1.30. The fraction of sp³-hybridized carbons (Fsp3) is 0.0588. The van der Waals surface area contributed by atoms with Crippen LogP contribution < -0.4 is 11.1 Å². The lowest BCUT2D eigenvalue weighted by molar-refractivity contribution is 0.569. The van der Waals surface area contributed by atoms with E-state index < -0.39 is 5.63 Å². The number of rotatable bonds is 0. The molecule has 2 aromatic heterocycles. The topological polar surface area (TPSA) is 63.1 Å². The van der Waals surface area contributed by atoms with Crippen LogP contribution >= 0.6 is 0 Å². The van der Waals surface area contributed by atoms with Gasteiger partial charge in [0.15, 0.2) is 0 Å². The van der Waals surface area contributed by atoms with E-state index in [0.29, 0.717) is 22.0 Å². The number of para-hydroxylation sites is 1. The predicted molar refractivity (Wildman–Crippen MR) is 82.9 cm³/mol. The minimum absolute atomic E-state index is 0.0741. The average molecular weight is 277 g/mol. The number of hydrogen-bond donors (Lipinski definition) is 1. The van der Waals surface area contributed by atoms with Gasteiger partial charge >= 0.3 is 5.63 Å². The van der Waals surface area contributed by atoms with Crippen molar-refractivity contribution in [2.75, 3.05) is 0 Å². The van der Waals surface area contributed by atoms with Gasteiger partial charge in [-0.1, -0.05) is 18.2 Å². The van der Waals surface area contributed by atoms with Gasteiger partial charge < -0.3 is 9.40 Å². The van der Waals surface area contributed by atoms with Gasteiger partial charge in [0.2, 0.25) is 5.43 Å². The molecule has 0 bridgehead atoms. The van der Waals surface area contributed by atoms with Crippen LogP contribution in [0.5, 0.6) is 0 Å². The molecule has 0 aliphatic carbocycles. The van der Waals surface area contributed by atoms with Crippen LogP contribution in [0.4, 0.5) is 0 Å². The Morgan fingerprint density at radius 3 is 2.67 bits per heavy atom. The van der Waals surface area contributed by atoms with Gasteiger partial charge in [-0.2, -0.15) is 0 Å². The molecule has 0 aliphatic heterocycles. The summed E-state index contributed by atoms with van der Waals surface area (Å²) in [5.41, 5.74) is 1.82. The molecule has 0 saturated heterocycles. The van der Waals surface area contributed by atoms with Crippen LogP contribution in [0.1, 0.15) is 5.56 Å². The van der Waals surface area contributed by atoms with Crippen molar-refractivity contribution in [1.29, 1.82) is 0 Å². The molecule has 2 heterocycles. The zero-order valence-corrected chi connectivity index (χ0v) is 11.3. The molecule has 21 heavy (non-hydrogen) atoms. The van der Waals surface area contributed by atoms with Crippen molar-refractivity contribution in [2.24, 2.45) is 0 Å². The third-order valence-corrected chi connectivity index (χ3v) is 3.72. The summed E-state index contributed by atoms with van der Waals surface area (Å²) in [6.45, 7) is 1.92. The maximum absolute atomic E-state index is 12.5. The molecule has 102 valence electrons. The minimum atomic E-state index is -0.602. The van der Waals surface area contributed by atoms with E-state index in [1.54, 1.807) is 18.2 Å². The largest absolute Gasteiger partial charge is 0.422 e. The van der Waals surface area contributed by atoms with Crippen molar-refractivity contribution in [3.05, 3.63) is 68.7 Å². The number of fused-ring (bicyclic) bond motifs is 4. The monoisotopic (exact) mass is 277 g/mol. The van der Waals surface area contributed by atoms with E-state index in [9.17, 15) is 9.59 Å². The highest BCUT2D eigenvalue weighted by Crippen LogP contribution is 2.22. The fourth-order valence-electron chi connectivity index (χ4n) is 2.70. The number of H-pyrrole nitrogens is 1. The molecular formula is C17H11NO3. The molecule has 0 atom stereocenters. The predicted octanol–water partition coefficient (Wildman–Crippen LogP) is 3.10. The lowest BCUT2D eigenvalue weighted by Crippen LogP contribution is -2.14. The first kappa shape index (κ1) is 11.9. The van der Waals surface area contributed by atoms with Gasteiger partial charge in [0.1, 0.15) is 11.0 Å². The Kier molecular flexibility index (Phi) is 2.30. The molecule has 0 fully saturated rings. The van der Waals surface area contributed by atoms with Crippen molar-refractivity contribution in [2.45, 2.75) is 6.92 Å². The normalized spacial score (nSPS) is 11.5. The Morgan fingerprint density at radius 2 is 1.81 bits per heavy atom. The highest BCUT2D eigenvalue weighted by molar-refractivity contribution is 6.05. The van der Waals surface area contributed by atoms with Gasteiger partial charge in [0.05, 0.1) is 5.52 Å². The van der Waals surface area contributed by atoms with Crippen LogP contribution in [0.2, 0.25) is 0 Å². The Bertz CT molecular complexity index is 1140. The first-order chi connectivity index (χ1) is 10.1. The van der Waals surface area contributed by atoms with E-state index in [2.05, 4.69) is 4.98 Å². The maximum Gasteiger partial charge on any atom is 0.349 e. The van der Waals surface area contributed by atoms with Crippen molar-refractivity contribution in [3.63, 3.8) is 0 Å². The molecule has 0 spiro atoms. The van der Waals surface area contributed by atoms with Gasteiger partial charge in [0.25, 0.3) is 0 Å². The van der Waals surface area contributed by atoms with Crippen molar-refractivity contribution in [3.8, 4) is 0 Å². The molecule has 1 N–H and O–H groups in total. The van der Waals surface area contributed by atoms with Gasteiger partial charge in [0, 0.05) is 16.3 Å². The number of pyridine rings is 1. The standard InChI is InChI=1S/C17H11NO3/c1-9-6-7-11-13(8-9)21-17(20)14-15(11)18-12-5-3-2-4-10(12)16(14)19/h2-8H,1H3,(H,18,19). The van der Waals surface area contributed by atoms with Crippen LogP contribution in [-0.4, -0.2) is 4.98 Å². The molecule has 0 radical (unpaired) electrons. The number of aromatic nitrogens is 1. The van der Waals surface area contributed by atoms with Crippen LogP contribution in [0.25, 0.3) is 32.8 Å². The van der Waals surface area contributed by atoms with E-state index >= 15 is 0 Å². The van der Waals surface area contributed by atoms with Gasteiger partial charge in [-0.25, -0.2) is 4.79 Å². The highest BCUT2D eigenvalue weighted by atomic mass is 16.4. The second-order valence-corrected chi connectivity index (χ2v) is 5.14. The summed E-state index contributed by atoms with van der Waals surface area (Å²) in [6.07, 6.45) is 0. The number of nitrogens with one attached hydrogen (secondary N) is 1. The molecule has 0 saturated carbocycles. The molecule has 4 nitrogen and oxygen atoms in total. The number of aromatic amines is 1. The smallest absolute Gasteiger partial charge is 0.349 e. The van der Waals surface area contributed by atoms with Gasteiger partial charge in [-0.05, 0) is 36.8 Å². The van der Waals surface area contributed by atoms with Crippen molar-refractivity contribution >= 4 is 32.8 Å². The van der Waals surface area contributed by atoms with Crippen LogP contribution in [0.15, 0.2) is 56.5 Å². The molecular weight excluding hydrogens is 266 g/mol. The van der Waals surface area contributed by atoms with Gasteiger partial charge in [-0.3, -0.25) is 4.79 Å². The molecule has 4 heteroatoms. The molecule has 0 aliphatic rings. The summed E-state index contributed by atoms with van der Waals surface area (Å²) in [7, 11) is 0. The Morgan fingerprint density at radius 1 is 1.00 bits per heavy atom. The van der Waals surface area contributed by atoms with E-state index in [4.69, 9.17) is 4.42 Å². The van der Waals surface area contributed by atoms with E-state index in [1.807, 2.05) is 31.2 Å². The maximum atomic E-state index is 12.5. The molecule has 0 unspecified atom stereocenters. The minimum Gasteiger partial charge on any atom is -0.422 e. The summed E-state index contributed by atoms with van der Waals surface area (Å²) in [4.78, 5) is 27.9. The second kappa shape index (κ2) is 4.06. The zero-order valence-electron chi connectivity index (χ0n) is 11.3. The number of benzene rings is 2. The van der Waals surface area contributed by atoms with Crippen LogP contribution in [0, 0.1) is 6.92 Å². The Balaban J connectivity index is 2.38. The number of hydrogen-bond acceptors (Lipinski definition) is 3. The fourth-order valence-corrected chi connectivity index (χ4v) is 2.70. The lowest BCUT2D eigenvalue weighted by Gasteiger charge is -2.05. The Labute approximate surface area is 118 Å². The van der Waals surface area contributed by atoms with E-state index in [0.717, 1.165) is 10.9 Å². The summed E-state index contributed by atoms with van der Waals surface area (Å²) < 4.78 is 5.31. The summed E-state index contributed by atoms with van der Waals surface area (Å²) in [5.74, 6) is 0. The molecule has 4 aromatic rings. The van der Waals surface area contributed by atoms with E-state index in [1.165, 1.54) is 0 Å². The summed E-state index contributed by atoms with van der Waals surface area (Å²) >= 11 is 0. The molecule has 2 aromatic carbocycles. The molecule has 0 amide bonds. The lowest BCUT2D eigenvalue weighted by atomic mass is 10.1. The Hall–Kier alpha value is -2.88. The first-order valence-corrected chi connectivity index (χ1v) is 6.63. The van der Waals surface area contributed by atoms with Crippen LogP contribution in [0.3, 0.4) is 0 Å². The highest BCUT2D eigenvalue weighted by Gasteiger charge is 2.13. The van der Waals surface area contributed by atoms with Crippen molar-refractivity contribution < 1.29 is 4.42 Å². The van der Waals surface area contributed by atoms with E-state index in [-0.39, 0.29) is 10.8 Å². The third-order valence-electron chi connectivity index (χ3n) is 3.72. The number of aryl methyl sites for hydroxylation is 1. The first-order valence-electron chi connectivity index (χ1n) is 6.63. The molecule has 4 rings (SSSR count). The van der Waals surface area contributed by atoms with Crippen LogP contribution in [-0.2, 0) is 0 Å². The van der Waals surface area contributed by atoms with Crippen molar-refractivity contribution in [1.82, 2.24) is 4.98 Å². The van der Waals surface area contributed by atoms with Gasteiger partial charge in [-0.15, -0.1) is 0 Å². The zero-order chi connectivity index (χ0) is 14.6.